The predicted molar refractivity (Wildman–Crippen MR) is 103 cm³/mol. The van der Waals surface area contributed by atoms with E-state index in [1.165, 1.54) is 10.4 Å². The SMILES string of the molecule is Cl.O=C(NC1CCCCNC1=O)c1cc2c(s1)CCOC21CCNCC1. The van der Waals surface area contributed by atoms with Crippen molar-refractivity contribution < 1.29 is 14.3 Å². The van der Waals surface area contributed by atoms with Crippen molar-refractivity contribution in [1.29, 1.82) is 0 Å². The lowest BCUT2D eigenvalue weighted by atomic mass is 9.83. The number of hydrogen-bond acceptors (Lipinski definition) is 5. The van der Waals surface area contributed by atoms with Crippen LogP contribution in [0, 0.1) is 0 Å². The zero-order valence-electron chi connectivity index (χ0n) is 14.8. The van der Waals surface area contributed by atoms with Gasteiger partial charge in [-0.05, 0) is 56.8 Å². The summed E-state index contributed by atoms with van der Waals surface area (Å²) in [6, 6.07) is 1.59. The smallest absolute Gasteiger partial charge is 0.262 e. The van der Waals surface area contributed by atoms with Crippen molar-refractivity contribution in [1.82, 2.24) is 16.0 Å². The van der Waals surface area contributed by atoms with Gasteiger partial charge in [-0.25, -0.2) is 0 Å². The van der Waals surface area contributed by atoms with Crippen LogP contribution in [0.5, 0.6) is 0 Å². The van der Waals surface area contributed by atoms with E-state index in [-0.39, 0.29) is 29.8 Å². The number of carbonyl (C=O) groups excluding carboxylic acids is 2. The maximum atomic E-state index is 12.7. The second-order valence-electron chi connectivity index (χ2n) is 7.10. The molecule has 144 valence electrons. The molecule has 3 N–H and O–H groups in total. The minimum absolute atomic E-state index is 0. The molecule has 4 rings (SSSR count). The fraction of sp³-hybridized carbons (Fsp3) is 0.667. The van der Waals surface area contributed by atoms with E-state index in [2.05, 4.69) is 16.0 Å². The van der Waals surface area contributed by atoms with E-state index in [0.29, 0.717) is 17.8 Å². The molecule has 0 aromatic carbocycles. The number of nitrogens with one attached hydrogen (secondary N) is 3. The third-order valence-electron chi connectivity index (χ3n) is 5.48. The Morgan fingerprint density at radius 1 is 1.27 bits per heavy atom. The van der Waals surface area contributed by atoms with Crippen LogP contribution in [-0.4, -0.2) is 44.1 Å². The van der Waals surface area contributed by atoms with Gasteiger partial charge < -0.3 is 20.7 Å². The monoisotopic (exact) mass is 399 g/mol. The fourth-order valence-corrected chi connectivity index (χ4v) is 5.21. The van der Waals surface area contributed by atoms with Crippen LogP contribution >= 0.6 is 23.7 Å². The summed E-state index contributed by atoms with van der Waals surface area (Å²) in [7, 11) is 0. The molecular formula is C18H26ClN3O3S. The first-order chi connectivity index (χ1) is 12.2. The van der Waals surface area contributed by atoms with E-state index in [1.54, 1.807) is 11.3 Å². The molecule has 1 spiro atoms. The second-order valence-corrected chi connectivity index (χ2v) is 8.24. The molecule has 0 radical (unpaired) electrons. The fourth-order valence-electron chi connectivity index (χ4n) is 4.08. The van der Waals surface area contributed by atoms with Gasteiger partial charge >= 0.3 is 0 Å². The van der Waals surface area contributed by atoms with Crippen LogP contribution in [0.15, 0.2) is 6.07 Å². The number of piperidine rings is 1. The molecule has 1 atom stereocenters. The Morgan fingerprint density at radius 2 is 2.08 bits per heavy atom. The Balaban J connectivity index is 0.00000196. The molecule has 26 heavy (non-hydrogen) atoms. The maximum absolute atomic E-state index is 12.7. The van der Waals surface area contributed by atoms with Crippen molar-refractivity contribution in [3.05, 3.63) is 21.4 Å². The zero-order valence-corrected chi connectivity index (χ0v) is 16.4. The van der Waals surface area contributed by atoms with E-state index < -0.39 is 6.04 Å². The Kier molecular flexibility index (Phi) is 6.22. The van der Waals surface area contributed by atoms with Gasteiger partial charge in [0.15, 0.2) is 0 Å². The number of thiophene rings is 1. The normalized spacial score (nSPS) is 24.8. The van der Waals surface area contributed by atoms with Gasteiger partial charge in [0, 0.05) is 17.8 Å². The summed E-state index contributed by atoms with van der Waals surface area (Å²) in [5.74, 6) is -0.198. The van der Waals surface area contributed by atoms with E-state index in [9.17, 15) is 9.59 Å². The average Bonchev–Trinajstić information content (AvgIpc) is 2.97. The second kappa shape index (κ2) is 8.25. The summed E-state index contributed by atoms with van der Waals surface area (Å²) < 4.78 is 6.18. The van der Waals surface area contributed by atoms with Crippen molar-refractivity contribution in [3.8, 4) is 0 Å². The number of halogens is 1. The molecule has 1 aromatic rings. The molecule has 3 aliphatic rings. The van der Waals surface area contributed by atoms with Crippen LogP contribution in [0.4, 0.5) is 0 Å². The standard InChI is InChI=1S/C18H25N3O3S.ClH/c22-16-13(3-1-2-7-20-16)21-17(23)15-11-12-14(25-15)4-10-24-18(12)5-8-19-9-6-18;/h11,13,19H,1-10H2,(H,20,22)(H,21,23);1H. The van der Waals surface area contributed by atoms with Crippen molar-refractivity contribution >= 4 is 35.6 Å². The highest BCUT2D eigenvalue weighted by Gasteiger charge is 2.40. The van der Waals surface area contributed by atoms with Crippen molar-refractivity contribution in [2.45, 2.75) is 50.2 Å². The van der Waals surface area contributed by atoms with Crippen LogP contribution in [0.25, 0.3) is 0 Å². The molecule has 2 fully saturated rings. The number of ether oxygens (including phenoxy) is 1. The first-order valence-corrected chi connectivity index (χ1v) is 10.1. The molecular weight excluding hydrogens is 374 g/mol. The van der Waals surface area contributed by atoms with Crippen molar-refractivity contribution in [3.63, 3.8) is 0 Å². The molecule has 6 nitrogen and oxygen atoms in total. The third kappa shape index (κ3) is 3.76. The number of amides is 2. The summed E-state index contributed by atoms with van der Waals surface area (Å²) in [6.45, 7) is 3.31. The molecule has 0 saturated carbocycles. The van der Waals surface area contributed by atoms with Gasteiger partial charge in [-0.1, -0.05) is 0 Å². The summed E-state index contributed by atoms with van der Waals surface area (Å²) in [5.41, 5.74) is 0.966. The molecule has 2 saturated heterocycles. The quantitative estimate of drug-likeness (QED) is 0.707. The zero-order chi connectivity index (χ0) is 17.3. The van der Waals surface area contributed by atoms with Gasteiger partial charge in [-0.15, -0.1) is 23.7 Å². The number of rotatable bonds is 2. The van der Waals surface area contributed by atoms with Crippen LogP contribution in [0.3, 0.4) is 0 Å². The Morgan fingerprint density at radius 3 is 2.88 bits per heavy atom. The summed E-state index contributed by atoms with van der Waals surface area (Å²) in [4.78, 5) is 26.8. The maximum Gasteiger partial charge on any atom is 0.262 e. The van der Waals surface area contributed by atoms with Crippen LogP contribution in [0.2, 0.25) is 0 Å². The Hall–Kier alpha value is -1.15. The van der Waals surface area contributed by atoms with Crippen LogP contribution in [-0.2, 0) is 21.6 Å². The molecule has 1 aromatic heterocycles. The molecule has 4 heterocycles. The highest BCUT2D eigenvalue weighted by Crippen LogP contribution is 2.43. The molecule has 8 heteroatoms. The first-order valence-electron chi connectivity index (χ1n) is 9.24. The van der Waals surface area contributed by atoms with Gasteiger partial charge in [-0.3, -0.25) is 9.59 Å². The molecule has 3 aliphatic heterocycles. The third-order valence-corrected chi connectivity index (χ3v) is 6.68. The Bertz CT molecular complexity index is 673. The van der Waals surface area contributed by atoms with E-state index in [4.69, 9.17) is 4.74 Å². The summed E-state index contributed by atoms with van der Waals surface area (Å²) >= 11 is 1.56. The van der Waals surface area contributed by atoms with Crippen molar-refractivity contribution in [2.75, 3.05) is 26.2 Å². The largest absolute Gasteiger partial charge is 0.370 e. The van der Waals surface area contributed by atoms with Gasteiger partial charge in [-0.2, -0.15) is 0 Å². The molecule has 0 aliphatic carbocycles. The van der Waals surface area contributed by atoms with Gasteiger partial charge in [0.2, 0.25) is 5.91 Å². The van der Waals surface area contributed by atoms with Gasteiger partial charge in [0.05, 0.1) is 17.1 Å². The minimum atomic E-state index is -0.418. The van der Waals surface area contributed by atoms with Gasteiger partial charge in [0.25, 0.3) is 5.91 Å². The van der Waals surface area contributed by atoms with Crippen LogP contribution < -0.4 is 16.0 Å². The molecule has 2 amide bonds. The predicted octanol–water partition coefficient (Wildman–Crippen LogP) is 1.72. The Labute approximate surface area is 163 Å². The first kappa shape index (κ1) is 19.6. The minimum Gasteiger partial charge on any atom is -0.370 e. The van der Waals surface area contributed by atoms with Gasteiger partial charge in [0.1, 0.15) is 6.04 Å². The van der Waals surface area contributed by atoms with E-state index >= 15 is 0 Å². The lowest BCUT2D eigenvalue weighted by Gasteiger charge is -2.40. The molecule has 1 unspecified atom stereocenters. The number of hydrogen-bond donors (Lipinski definition) is 3. The highest BCUT2D eigenvalue weighted by atomic mass is 35.5. The van der Waals surface area contributed by atoms with Crippen molar-refractivity contribution in [2.24, 2.45) is 0 Å². The lowest BCUT2D eigenvalue weighted by molar-refractivity contribution is -0.122. The topological polar surface area (TPSA) is 79.5 Å². The highest BCUT2D eigenvalue weighted by molar-refractivity contribution is 7.14. The van der Waals surface area contributed by atoms with E-state index in [0.717, 1.165) is 51.8 Å². The average molecular weight is 400 g/mol. The van der Waals surface area contributed by atoms with Crippen LogP contribution in [0.1, 0.15) is 52.2 Å². The summed E-state index contributed by atoms with van der Waals surface area (Å²) in [6.07, 6.45) is 5.40. The molecule has 0 bridgehead atoms. The number of carbonyl (C=O) groups is 2. The summed E-state index contributed by atoms with van der Waals surface area (Å²) in [5, 5.41) is 9.18. The number of fused-ring (bicyclic) bond motifs is 2. The van der Waals surface area contributed by atoms with E-state index in [1.807, 2.05) is 6.07 Å². The lowest BCUT2D eigenvalue weighted by Crippen LogP contribution is -2.45.